The number of carbonyl (C=O) groups is 1. The van der Waals surface area contributed by atoms with E-state index in [1.807, 2.05) is 62.4 Å². The van der Waals surface area contributed by atoms with Crippen LogP contribution in [-0.2, 0) is 11.2 Å². The van der Waals surface area contributed by atoms with Gasteiger partial charge < -0.3 is 14.5 Å². The number of benzene rings is 2. The molecule has 0 aliphatic rings. The number of rotatable bonds is 5. The number of amides is 1. The summed E-state index contributed by atoms with van der Waals surface area (Å²) in [4.78, 5) is 16.6. The molecule has 5 heteroatoms. The summed E-state index contributed by atoms with van der Waals surface area (Å²) in [6.07, 6.45) is 0.313. The molecule has 3 rings (SSSR count). The van der Waals surface area contributed by atoms with Gasteiger partial charge in [-0.15, -0.1) is 0 Å². The number of nitrogens with one attached hydrogen (secondary N) is 1. The van der Waals surface area contributed by atoms with Crippen LogP contribution in [0.2, 0.25) is 0 Å². The van der Waals surface area contributed by atoms with Crippen LogP contribution in [0.4, 0.5) is 5.69 Å². The summed E-state index contributed by atoms with van der Waals surface area (Å²) in [5, 5.41) is 2.90. The minimum absolute atomic E-state index is 0.0635. The van der Waals surface area contributed by atoms with Gasteiger partial charge in [0, 0.05) is 18.2 Å². The zero-order valence-electron chi connectivity index (χ0n) is 14.5. The summed E-state index contributed by atoms with van der Waals surface area (Å²) >= 11 is 0. The van der Waals surface area contributed by atoms with Crippen LogP contribution in [0.3, 0.4) is 0 Å². The van der Waals surface area contributed by atoms with E-state index in [-0.39, 0.29) is 5.91 Å². The molecular formula is C20H20N2O3. The summed E-state index contributed by atoms with van der Waals surface area (Å²) in [6.45, 7) is 3.71. The zero-order chi connectivity index (χ0) is 17.8. The Balaban J connectivity index is 1.64. The average Bonchev–Trinajstić information content (AvgIpc) is 2.94. The van der Waals surface area contributed by atoms with E-state index in [9.17, 15) is 4.79 Å². The molecule has 128 valence electrons. The van der Waals surface area contributed by atoms with Crippen LogP contribution in [0, 0.1) is 13.8 Å². The Hall–Kier alpha value is -3.08. The number of nitrogens with zero attached hydrogens (tertiary/aromatic N) is 1. The van der Waals surface area contributed by atoms with Crippen LogP contribution in [-0.4, -0.2) is 18.0 Å². The lowest BCUT2D eigenvalue weighted by Gasteiger charge is -2.07. The molecule has 0 atom stereocenters. The van der Waals surface area contributed by atoms with Gasteiger partial charge in [-0.2, -0.15) is 0 Å². The second-order valence-electron chi connectivity index (χ2n) is 5.79. The van der Waals surface area contributed by atoms with Crippen LogP contribution < -0.4 is 10.1 Å². The second kappa shape index (κ2) is 7.21. The maximum absolute atomic E-state index is 12.2. The van der Waals surface area contributed by atoms with Gasteiger partial charge in [0.1, 0.15) is 17.2 Å². The number of oxazole rings is 1. The standard InChI is InChI=1S/C20H20N2O3/c1-13-20(21-14(2)25-13)16-6-8-17(9-7-16)22-19(23)12-15-4-10-18(24-3)11-5-15/h4-11H,12H2,1-3H3,(H,22,23). The Morgan fingerprint density at radius 1 is 1.08 bits per heavy atom. The number of aryl methyl sites for hydroxylation is 2. The number of hydrogen-bond donors (Lipinski definition) is 1. The lowest BCUT2D eigenvalue weighted by Crippen LogP contribution is -2.14. The lowest BCUT2D eigenvalue weighted by molar-refractivity contribution is -0.115. The van der Waals surface area contributed by atoms with Crippen LogP contribution in [0.25, 0.3) is 11.3 Å². The Bertz CT molecular complexity index is 865. The highest BCUT2D eigenvalue weighted by Gasteiger charge is 2.10. The van der Waals surface area contributed by atoms with Crippen molar-refractivity contribution >= 4 is 11.6 Å². The molecule has 0 fully saturated rings. The quantitative estimate of drug-likeness (QED) is 0.760. The van der Waals surface area contributed by atoms with Crippen molar-refractivity contribution in [2.45, 2.75) is 20.3 Å². The number of carbonyl (C=O) groups excluding carboxylic acids is 1. The van der Waals surface area contributed by atoms with E-state index in [1.165, 1.54) is 0 Å². The fourth-order valence-electron chi connectivity index (χ4n) is 2.64. The normalized spacial score (nSPS) is 10.5. The van der Waals surface area contributed by atoms with Gasteiger partial charge in [0.15, 0.2) is 5.89 Å². The lowest BCUT2D eigenvalue weighted by atomic mass is 10.1. The Morgan fingerprint density at radius 2 is 1.76 bits per heavy atom. The van der Waals surface area contributed by atoms with E-state index in [0.717, 1.165) is 34.0 Å². The Morgan fingerprint density at radius 3 is 2.32 bits per heavy atom. The van der Waals surface area contributed by atoms with Crippen molar-refractivity contribution in [3.05, 3.63) is 65.7 Å². The summed E-state index contributed by atoms with van der Waals surface area (Å²) in [7, 11) is 1.62. The van der Waals surface area contributed by atoms with E-state index < -0.39 is 0 Å². The molecule has 1 amide bonds. The highest BCUT2D eigenvalue weighted by molar-refractivity contribution is 5.92. The van der Waals surface area contributed by atoms with Gasteiger partial charge in [0.05, 0.1) is 13.5 Å². The van der Waals surface area contributed by atoms with Gasteiger partial charge >= 0.3 is 0 Å². The van der Waals surface area contributed by atoms with E-state index in [2.05, 4.69) is 10.3 Å². The number of aromatic nitrogens is 1. The summed E-state index contributed by atoms with van der Waals surface area (Å²) in [6, 6.07) is 15.0. The van der Waals surface area contributed by atoms with Gasteiger partial charge in [-0.05, 0) is 36.8 Å². The van der Waals surface area contributed by atoms with Gasteiger partial charge in [-0.1, -0.05) is 24.3 Å². The minimum Gasteiger partial charge on any atom is -0.497 e. The highest BCUT2D eigenvalue weighted by Crippen LogP contribution is 2.24. The van der Waals surface area contributed by atoms with Crippen molar-refractivity contribution in [1.29, 1.82) is 0 Å². The first-order valence-electron chi connectivity index (χ1n) is 8.02. The molecule has 1 heterocycles. The maximum atomic E-state index is 12.2. The molecule has 3 aromatic rings. The van der Waals surface area contributed by atoms with Crippen molar-refractivity contribution in [3.8, 4) is 17.0 Å². The third-order valence-corrected chi connectivity index (χ3v) is 3.87. The van der Waals surface area contributed by atoms with Crippen LogP contribution in [0.15, 0.2) is 52.9 Å². The first-order chi connectivity index (χ1) is 12.0. The molecule has 1 N–H and O–H groups in total. The number of hydrogen-bond acceptors (Lipinski definition) is 4. The van der Waals surface area contributed by atoms with Crippen LogP contribution in [0.5, 0.6) is 5.75 Å². The largest absolute Gasteiger partial charge is 0.497 e. The number of anilines is 1. The van der Waals surface area contributed by atoms with Gasteiger partial charge in [-0.25, -0.2) is 4.98 Å². The monoisotopic (exact) mass is 336 g/mol. The molecule has 0 spiro atoms. The molecule has 0 bridgehead atoms. The molecule has 5 nitrogen and oxygen atoms in total. The molecule has 2 aromatic carbocycles. The van der Waals surface area contributed by atoms with E-state index >= 15 is 0 Å². The van der Waals surface area contributed by atoms with Crippen LogP contribution in [0.1, 0.15) is 17.2 Å². The Kier molecular flexibility index (Phi) is 4.84. The zero-order valence-corrected chi connectivity index (χ0v) is 14.5. The predicted octanol–water partition coefficient (Wildman–Crippen LogP) is 4.15. The van der Waals surface area contributed by atoms with Crippen molar-refractivity contribution in [1.82, 2.24) is 4.98 Å². The first-order valence-corrected chi connectivity index (χ1v) is 8.02. The maximum Gasteiger partial charge on any atom is 0.228 e. The SMILES string of the molecule is COc1ccc(CC(=O)Nc2ccc(-c3nc(C)oc3C)cc2)cc1. The van der Waals surface area contributed by atoms with Crippen molar-refractivity contribution in [3.63, 3.8) is 0 Å². The van der Waals surface area contributed by atoms with Crippen molar-refractivity contribution in [2.75, 3.05) is 12.4 Å². The average molecular weight is 336 g/mol. The molecular weight excluding hydrogens is 316 g/mol. The van der Waals surface area contributed by atoms with Crippen molar-refractivity contribution < 1.29 is 13.9 Å². The van der Waals surface area contributed by atoms with Gasteiger partial charge in [0.2, 0.25) is 5.91 Å². The summed E-state index contributed by atoms with van der Waals surface area (Å²) in [5.74, 6) is 2.14. The Labute approximate surface area is 146 Å². The first kappa shape index (κ1) is 16.8. The van der Waals surface area contributed by atoms with Crippen LogP contribution >= 0.6 is 0 Å². The fraction of sp³-hybridized carbons (Fsp3) is 0.200. The van der Waals surface area contributed by atoms with E-state index in [0.29, 0.717) is 12.3 Å². The van der Waals surface area contributed by atoms with E-state index in [4.69, 9.17) is 9.15 Å². The molecule has 0 saturated carbocycles. The van der Waals surface area contributed by atoms with Gasteiger partial charge in [-0.3, -0.25) is 4.79 Å². The molecule has 0 saturated heterocycles. The molecule has 1 aromatic heterocycles. The molecule has 0 aliphatic carbocycles. The summed E-state index contributed by atoms with van der Waals surface area (Å²) in [5.41, 5.74) is 3.47. The molecule has 0 aliphatic heterocycles. The number of methoxy groups -OCH3 is 1. The van der Waals surface area contributed by atoms with Gasteiger partial charge in [0.25, 0.3) is 0 Å². The molecule has 0 unspecified atom stereocenters. The third-order valence-electron chi connectivity index (χ3n) is 3.87. The topological polar surface area (TPSA) is 64.4 Å². The van der Waals surface area contributed by atoms with E-state index in [1.54, 1.807) is 7.11 Å². The third kappa shape index (κ3) is 4.07. The molecule has 25 heavy (non-hydrogen) atoms. The highest BCUT2D eigenvalue weighted by atomic mass is 16.5. The number of ether oxygens (including phenoxy) is 1. The predicted molar refractivity (Wildman–Crippen MR) is 96.7 cm³/mol. The second-order valence-corrected chi connectivity index (χ2v) is 5.79. The minimum atomic E-state index is -0.0635. The molecule has 0 radical (unpaired) electrons. The fourth-order valence-corrected chi connectivity index (χ4v) is 2.64. The van der Waals surface area contributed by atoms with Crippen molar-refractivity contribution in [2.24, 2.45) is 0 Å². The smallest absolute Gasteiger partial charge is 0.228 e. The summed E-state index contributed by atoms with van der Waals surface area (Å²) < 4.78 is 10.6.